The molecule has 2 aromatic rings. The minimum Gasteiger partial charge on any atom is -0.495 e. The van der Waals surface area contributed by atoms with Crippen LogP contribution in [0.25, 0.3) is 0 Å². The van der Waals surface area contributed by atoms with Crippen molar-refractivity contribution in [3.05, 3.63) is 42.1 Å². The van der Waals surface area contributed by atoms with Crippen LogP contribution in [0, 0.1) is 0 Å². The zero-order valence-corrected chi connectivity index (χ0v) is 12.5. The number of amides is 1. The Kier molecular flexibility index (Phi) is 4.18. The molecule has 1 N–H and O–H groups in total. The third kappa shape index (κ3) is 3.00. The Balaban J connectivity index is 1.72. The third-order valence-corrected chi connectivity index (χ3v) is 3.67. The van der Waals surface area contributed by atoms with Crippen molar-refractivity contribution in [1.82, 2.24) is 10.2 Å². The Morgan fingerprint density at radius 1 is 1.14 bits per heavy atom. The Hall–Kier alpha value is -2.63. The first-order valence-corrected chi connectivity index (χ1v) is 7.31. The summed E-state index contributed by atoms with van der Waals surface area (Å²) in [6.45, 7) is 2.00. The molecule has 1 aromatic heterocycles. The summed E-state index contributed by atoms with van der Waals surface area (Å²) in [7, 11) is 1.57. The lowest BCUT2D eigenvalue weighted by Gasteiger charge is -2.15. The van der Waals surface area contributed by atoms with Crippen LogP contribution in [0.4, 0.5) is 11.5 Å². The van der Waals surface area contributed by atoms with Crippen LogP contribution in [0.5, 0.6) is 5.75 Å². The molecule has 1 saturated heterocycles. The Bertz CT molecular complexity index is 651. The fourth-order valence-corrected chi connectivity index (χ4v) is 2.50. The van der Waals surface area contributed by atoms with Crippen LogP contribution in [0.3, 0.4) is 0 Å². The van der Waals surface area contributed by atoms with Crippen LogP contribution >= 0.6 is 0 Å². The van der Waals surface area contributed by atoms with Gasteiger partial charge in [-0.3, -0.25) is 4.79 Å². The van der Waals surface area contributed by atoms with Crippen molar-refractivity contribution >= 4 is 17.4 Å². The Morgan fingerprint density at radius 2 is 1.91 bits per heavy atom. The van der Waals surface area contributed by atoms with Gasteiger partial charge in [-0.25, -0.2) is 0 Å². The molecule has 6 heteroatoms. The van der Waals surface area contributed by atoms with Crippen molar-refractivity contribution in [3.8, 4) is 5.75 Å². The quantitative estimate of drug-likeness (QED) is 0.938. The third-order valence-electron chi connectivity index (χ3n) is 3.67. The average Bonchev–Trinajstić information content (AvgIpc) is 3.10. The topological polar surface area (TPSA) is 67.3 Å². The molecule has 114 valence electrons. The van der Waals surface area contributed by atoms with Crippen LogP contribution < -0.4 is 15.0 Å². The van der Waals surface area contributed by atoms with Gasteiger partial charge in [0.1, 0.15) is 5.75 Å². The van der Waals surface area contributed by atoms with E-state index in [9.17, 15) is 4.79 Å². The van der Waals surface area contributed by atoms with Crippen LogP contribution in [0.2, 0.25) is 0 Å². The maximum Gasteiger partial charge on any atom is 0.276 e. The number of nitrogens with zero attached hydrogens (tertiary/aromatic N) is 3. The van der Waals surface area contributed by atoms with Crippen molar-refractivity contribution in [3.63, 3.8) is 0 Å². The van der Waals surface area contributed by atoms with Crippen molar-refractivity contribution in [2.45, 2.75) is 12.8 Å². The molecule has 0 radical (unpaired) electrons. The summed E-state index contributed by atoms with van der Waals surface area (Å²) in [4.78, 5) is 14.4. The first-order chi connectivity index (χ1) is 10.8. The van der Waals surface area contributed by atoms with Gasteiger partial charge in [0.25, 0.3) is 5.91 Å². The van der Waals surface area contributed by atoms with E-state index >= 15 is 0 Å². The summed E-state index contributed by atoms with van der Waals surface area (Å²) < 4.78 is 5.21. The van der Waals surface area contributed by atoms with Gasteiger partial charge >= 0.3 is 0 Å². The van der Waals surface area contributed by atoms with Gasteiger partial charge in [-0.2, -0.15) is 0 Å². The minimum atomic E-state index is -0.301. The number of methoxy groups -OCH3 is 1. The van der Waals surface area contributed by atoms with E-state index in [2.05, 4.69) is 20.4 Å². The van der Waals surface area contributed by atoms with Gasteiger partial charge < -0.3 is 15.0 Å². The van der Waals surface area contributed by atoms with Gasteiger partial charge in [-0.1, -0.05) is 12.1 Å². The van der Waals surface area contributed by atoms with E-state index in [1.54, 1.807) is 25.3 Å². The van der Waals surface area contributed by atoms with Crippen LogP contribution in [0.15, 0.2) is 36.4 Å². The lowest BCUT2D eigenvalue weighted by atomic mass is 10.2. The number of hydrogen-bond donors (Lipinski definition) is 1. The average molecular weight is 298 g/mol. The molecule has 6 nitrogen and oxygen atoms in total. The number of hydrogen-bond acceptors (Lipinski definition) is 5. The van der Waals surface area contributed by atoms with Gasteiger partial charge in [-0.05, 0) is 37.1 Å². The van der Waals surface area contributed by atoms with Gasteiger partial charge in [0.05, 0.1) is 12.8 Å². The number of anilines is 2. The summed E-state index contributed by atoms with van der Waals surface area (Å²) in [6, 6.07) is 10.8. The minimum absolute atomic E-state index is 0.286. The summed E-state index contributed by atoms with van der Waals surface area (Å²) in [6.07, 6.45) is 2.36. The maximum atomic E-state index is 12.2. The number of benzene rings is 1. The van der Waals surface area contributed by atoms with E-state index in [4.69, 9.17) is 4.74 Å². The van der Waals surface area contributed by atoms with Crippen molar-refractivity contribution in [2.24, 2.45) is 0 Å². The number of carbonyl (C=O) groups is 1. The Labute approximate surface area is 129 Å². The summed E-state index contributed by atoms with van der Waals surface area (Å²) in [5.41, 5.74) is 0.897. The highest BCUT2D eigenvalue weighted by Gasteiger charge is 2.16. The lowest BCUT2D eigenvalue weighted by molar-refractivity contribution is 0.102. The predicted molar refractivity (Wildman–Crippen MR) is 84.4 cm³/mol. The zero-order chi connectivity index (χ0) is 15.4. The van der Waals surface area contributed by atoms with E-state index in [0.29, 0.717) is 11.4 Å². The largest absolute Gasteiger partial charge is 0.495 e. The predicted octanol–water partition coefficient (Wildman–Crippen LogP) is 2.34. The number of nitrogens with one attached hydrogen (secondary N) is 1. The van der Waals surface area contributed by atoms with Crippen molar-refractivity contribution < 1.29 is 9.53 Å². The molecule has 0 spiro atoms. The van der Waals surface area contributed by atoms with Crippen molar-refractivity contribution in [1.29, 1.82) is 0 Å². The lowest BCUT2D eigenvalue weighted by Crippen LogP contribution is -2.21. The molecule has 1 amide bonds. The van der Waals surface area contributed by atoms with E-state index in [-0.39, 0.29) is 11.6 Å². The highest BCUT2D eigenvalue weighted by Crippen LogP contribution is 2.23. The zero-order valence-electron chi connectivity index (χ0n) is 12.5. The molecule has 0 unspecified atom stereocenters. The molecule has 0 saturated carbocycles. The van der Waals surface area contributed by atoms with Gasteiger partial charge in [-0.15, -0.1) is 10.2 Å². The number of aromatic nitrogens is 2. The summed E-state index contributed by atoms with van der Waals surface area (Å²) in [5, 5.41) is 11.0. The van der Waals surface area contributed by atoms with Crippen LogP contribution in [-0.4, -0.2) is 36.3 Å². The number of carbonyl (C=O) groups excluding carboxylic acids is 1. The number of rotatable bonds is 4. The van der Waals surface area contributed by atoms with Gasteiger partial charge in [0, 0.05) is 13.1 Å². The second kappa shape index (κ2) is 6.43. The number of para-hydroxylation sites is 2. The van der Waals surface area contributed by atoms with Crippen molar-refractivity contribution in [2.75, 3.05) is 30.4 Å². The molecular weight excluding hydrogens is 280 g/mol. The Morgan fingerprint density at radius 3 is 2.59 bits per heavy atom. The van der Waals surface area contributed by atoms with Gasteiger partial charge in [0.2, 0.25) is 0 Å². The summed E-state index contributed by atoms with van der Waals surface area (Å²) >= 11 is 0. The molecule has 2 heterocycles. The standard InChI is InChI=1S/C16H18N4O2/c1-22-14-7-3-2-6-12(14)17-16(21)13-8-9-15(19-18-13)20-10-4-5-11-20/h2-3,6-9H,4-5,10-11H2,1H3,(H,17,21). The highest BCUT2D eigenvalue weighted by molar-refractivity contribution is 6.03. The maximum absolute atomic E-state index is 12.2. The van der Waals surface area contributed by atoms with Crippen LogP contribution in [0.1, 0.15) is 23.3 Å². The van der Waals surface area contributed by atoms with Gasteiger partial charge in [0.15, 0.2) is 11.5 Å². The fourth-order valence-electron chi connectivity index (χ4n) is 2.50. The molecule has 3 rings (SSSR count). The molecule has 0 aliphatic carbocycles. The van der Waals surface area contributed by atoms with E-state index in [1.165, 1.54) is 12.8 Å². The van der Waals surface area contributed by atoms with E-state index < -0.39 is 0 Å². The second-order valence-corrected chi connectivity index (χ2v) is 5.13. The molecule has 22 heavy (non-hydrogen) atoms. The second-order valence-electron chi connectivity index (χ2n) is 5.13. The number of ether oxygens (including phenoxy) is 1. The normalized spacial score (nSPS) is 14.0. The SMILES string of the molecule is COc1ccccc1NC(=O)c1ccc(N2CCCC2)nn1. The molecule has 1 aromatic carbocycles. The molecule has 1 aliphatic heterocycles. The molecule has 0 atom stereocenters. The first kappa shape index (κ1) is 14.3. The molecule has 1 aliphatic rings. The van der Waals surface area contributed by atoms with E-state index in [1.807, 2.05) is 18.2 Å². The molecule has 0 bridgehead atoms. The highest BCUT2D eigenvalue weighted by atomic mass is 16.5. The summed E-state index contributed by atoms with van der Waals surface area (Å²) in [5.74, 6) is 1.13. The molecule has 1 fully saturated rings. The van der Waals surface area contributed by atoms with E-state index in [0.717, 1.165) is 18.9 Å². The smallest absolute Gasteiger partial charge is 0.276 e. The monoisotopic (exact) mass is 298 g/mol. The fraction of sp³-hybridized carbons (Fsp3) is 0.312. The first-order valence-electron chi connectivity index (χ1n) is 7.31. The van der Waals surface area contributed by atoms with Crippen LogP contribution in [-0.2, 0) is 0 Å². The molecular formula is C16H18N4O2.